The minimum absolute atomic E-state index is 0.669. The van der Waals surface area contributed by atoms with Crippen LogP contribution in [-0.2, 0) is 0 Å². The van der Waals surface area contributed by atoms with Gasteiger partial charge in [-0.2, -0.15) is 0 Å². The minimum Gasteiger partial charge on any atom is -0.495 e. The van der Waals surface area contributed by atoms with E-state index in [2.05, 4.69) is 70.1 Å². The molecule has 19 heavy (non-hydrogen) atoms. The van der Waals surface area contributed by atoms with Crippen LogP contribution in [0.4, 0.5) is 0 Å². The Morgan fingerprint density at radius 3 is 2.63 bits per heavy atom. The standard InChI is InChI=1S/C15H21Br2NO/c1-10(2)8-18-9-11(3)5-12-6-13(16)7-14(17)15(12)19-4/h5-7,10,18H,8-9H2,1-4H3. The molecule has 1 rings (SSSR count). The summed E-state index contributed by atoms with van der Waals surface area (Å²) in [7, 11) is 1.69. The van der Waals surface area contributed by atoms with E-state index in [1.807, 2.05) is 6.07 Å². The molecular formula is C15H21Br2NO. The summed E-state index contributed by atoms with van der Waals surface area (Å²) in [6.07, 6.45) is 2.15. The highest BCUT2D eigenvalue weighted by atomic mass is 79.9. The maximum Gasteiger partial charge on any atom is 0.140 e. The third-order valence-corrected chi connectivity index (χ3v) is 3.65. The Kier molecular flexibility index (Phi) is 7.11. The maximum absolute atomic E-state index is 5.44. The second kappa shape index (κ2) is 8.08. The lowest BCUT2D eigenvalue weighted by molar-refractivity contribution is 0.411. The Labute approximate surface area is 132 Å². The summed E-state index contributed by atoms with van der Waals surface area (Å²) in [5.74, 6) is 1.54. The molecule has 0 aliphatic heterocycles. The van der Waals surface area contributed by atoms with Crippen molar-refractivity contribution < 1.29 is 4.74 Å². The first-order valence-electron chi connectivity index (χ1n) is 6.35. The van der Waals surface area contributed by atoms with E-state index in [-0.39, 0.29) is 0 Å². The van der Waals surface area contributed by atoms with Crippen LogP contribution in [-0.4, -0.2) is 20.2 Å². The van der Waals surface area contributed by atoms with Gasteiger partial charge in [-0.25, -0.2) is 0 Å². The predicted molar refractivity (Wildman–Crippen MR) is 89.8 cm³/mol. The smallest absolute Gasteiger partial charge is 0.140 e. The van der Waals surface area contributed by atoms with Crippen LogP contribution in [0.3, 0.4) is 0 Å². The molecule has 2 nitrogen and oxygen atoms in total. The van der Waals surface area contributed by atoms with Crippen LogP contribution in [0.15, 0.2) is 26.7 Å². The summed E-state index contributed by atoms with van der Waals surface area (Å²) in [5, 5.41) is 3.44. The van der Waals surface area contributed by atoms with Gasteiger partial charge in [0.05, 0.1) is 11.6 Å². The van der Waals surface area contributed by atoms with Gasteiger partial charge in [-0.1, -0.05) is 41.4 Å². The summed E-state index contributed by atoms with van der Waals surface area (Å²) in [6.45, 7) is 8.47. The molecule has 0 aliphatic carbocycles. The number of rotatable bonds is 6. The Hall–Kier alpha value is -0.320. The maximum atomic E-state index is 5.44. The van der Waals surface area contributed by atoms with Gasteiger partial charge in [-0.3, -0.25) is 0 Å². The normalized spacial score (nSPS) is 12.1. The summed E-state index contributed by atoms with van der Waals surface area (Å²) in [6, 6.07) is 4.05. The summed E-state index contributed by atoms with van der Waals surface area (Å²) in [5.41, 5.74) is 2.36. The van der Waals surface area contributed by atoms with Crippen molar-refractivity contribution in [2.75, 3.05) is 20.2 Å². The van der Waals surface area contributed by atoms with Crippen LogP contribution in [0.5, 0.6) is 5.75 Å². The lowest BCUT2D eigenvalue weighted by Gasteiger charge is -2.11. The molecule has 1 aromatic carbocycles. The van der Waals surface area contributed by atoms with Gasteiger partial charge in [-0.15, -0.1) is 0 Å². The number of hydrogen-bond donors (Lipinski definition) is 1. The molecule has 0 fully saturated rings. The van der Waals surface area contributed by atoms with Gasteiger partial charge >= 0.3 is 0 Å². The summed E-state index contributed by atoms with van der Waals surface area (Å²) < 4.78 is 7.44. The van der Waals surface area contributed by atoms with E-state index in [0.717, 1.165) is 33.3 Å². The van der Waals surface area contributed by atoms with E-state index < -0.39 is 0 Å². The lowest BCUT2D eigenvalue weighted by Crippen LogP contribution is -2.21. The number of ether oxygens (including phenoxy) is 1. The van der Waals surface area contributed by atoms with E-state index in [1.54, 1.807) is 7.11 Å². The van der Waals surface area contributed by atoms with Crippen LogP contribution >= 0.6 is 31.9 Å². The average molecular weight is 391 g/mol. The number of halogens is 2. The largest absolute Gasteiger partial charge is 0.495 e. The fourth-order valence-corrected chi connectivity index (χ4v) is 3.20. The van der Waals surface area contributed by atoms with E-state index in [9.17, 15) is 0 Å². The van der Waals surface area contributed by atoms with Crippen molar-refractivity contribution in [3.05, 3.63) is 32.2 Å². The first-order chi connectivity index (χ1) is 8.93. The van der Waals surface area contributed by atoms with Crippen LogP contribution < -0.4 is 10.1 Å². The van der Waals surface area contributed by atoms with Crippen molar-refractivity contribution in [2.45, 2.75) is 20.8 Å². The lowest BCUT2D eigenvalue weighted by atomic mass is 10.1. The summed E-state index contributed by atoms with van der Waals surface area (Å²) >= 11 is 7.03. The van der Waals surface area contributed by atoms with E-state index in [4.69, 9.17) is 4.74 Å². The van der Waals surface area contributed by atoms with Crippen LogP contribution in [0.25, 0.3) is 6.08 Å². The topological polar surface area (TPSA) is 21.3 Å². The molecular weight excluding hydrogens is 370 g/mol. The second-order valence-corrected chi connectivity index (χ2v) is 6.80. The van der Waals surface area contributed by atoms with Crippen molar-refractivity contribution in [2.24, 2.45) is 5.92 Å². The molecule has 0 aromatic heterocycles. The summed E-state index contributed by atoms with van der Waals surface area (Å²) in [4.78, 5) is 0. The van der Waals surface area contributed by atoms with Crippen molar-refractivity contribution in [3.63, 3.8) is 0 Å². The molecule has 106 valence electrons. The van der Waals surface area contributed by atoms with Crippen molar-refractivity contribution in [1.82, 2.24) is 5.32 Å². The molecule has 0 unspecified atom stereocenters. The zero-order chi connectivity index (χ0) is 14.4. The van der Waals surface area contributed by atoms with Crippen LogP contribution in [0.1, 0.15) is 26.3 Å². The molecule has 0 heterocycles. The molecule has 0 bridgehead atoms. The van der Waals surface area contributed by atoms with Crippen LogP contribution in [0, 0.1) is 5.92 Å². The molecule has 4 heteroatoms. The molecule has 0 aliphatic rings. The Bertz CT molecular complexity index is 456. The SMILES string of the molecule is COc1c(Br)cc(Br)cc1C=C(C)CNCC(C)C. The zero-order valence-corrected chi connectivity index (χ0v) is 15.1. The van der Waals surface area contributed by atoms with Crippen molar-refractivity contribution >= 4 is 37.9 Å². The number of nitrogens with one attached hydrogen (secondary N) is 1. The highest BCUT2D eigenvalue weighted by Gasteiger charge is 2.07. The molecule has 0 saturated heterocycles. The molecule has 0 atom stereocenters. The fraction of sp³-hybridized carbons (Fsp3) is 0.467. The minimum atomic E-state index is 0.669. The number of methoxy groups -OCH3 is 1. The van der Waals surface area contributed by atoms with Gasteiger partial charge in [-0.05, 0) is 47.4 Å². The quantitative estimate of drug-likeness (QED) is 0.748. The van der Waals surface area contributed by atoms with E-state index in [1.165, 1.54) is 5.57 Å². The molecule has 0 radical (unpaired) electrons. The first kappa shape index (κ1) is 16.7. The van der Waals surface area contributed by atoms with Gasteiger partial charge in [0, 0.05) is 16.6 Å². The monoisotopic (exact) mass is 389 g/mol. The Balaban J connectivity index is 2.84. The Morgan fingerprint density at radius 1 is 1.37 bits per heavy atom. The van der Waals surface area contributed by atoms with Gasteiger partial charge < -0.3 is 10.1 Å². The third-order valence-electron chi connectivity index (χ3n) is 2.60. The number of hydrogen-bond acceptors (Lipinski definition) is 2. The molecule has 0 saturated carbocycles. The second-order valence-electron chi connectivity index (χ2n) is 5.03. The fourth-order valence-electron chi connectivity index (χ4n) is 1.78. The van der Waals surface area contributed by atoms with Crippen molar-refractivity contribution in [3.8, 4) is 5.75 Å². The average Bonchev–Trinajstić information content (AvgIpc) is 2.27. The van der Waals surface area contributed by atoms with E-state index in [0.29, 0.717) is 5.92 Å². The van der Waals surface area contributed by atoms with Crippen molar-refractivity contribution in [1.29, 1.82) is 0 Å². The first-order valence-corrected chi connectivity index (χ1v) is 7.93. The molecule has 0 amide bonds. The molecule has 0 spiro atoms. The van der Waals surface area contributed by atoms with Gasteiger partial charge in [0.15, 0.2) is 0 Å². The molecule has 1 N–H and O–H groups in total. The van der Waals surface area contributed by atoms with E-state index >= 15 is 0 Å². The number of benzene rings is 1. The predicted octanol–water partition coefficient (Wildman–Crippen LogP) is 4.87. The highest BCUT2D eigenvalue weighted by Crippen LogP contribution is 2.33. The van der Waals surface area contributed by atoms with Gasteiger partial charge in [0.1, 0.15) is 5.75 Å². The molecule has 1 aromatic rings. The van der Waals surface area contributed by atoms with Gasteiger partial charge in [0.25, 0.3) is 0 Å². The Morgan fingerprint density at radius 2 is 2.05 bits per heavy atom. The third kappa shape index (κ3) is 5.67. The van der Waals surface area contributed by atoms with Crippen LogP contribution in [0.2, 0.25) is 0 Å². The highest BCUT2D eigenvalue weighted by molar-refractivity contribution is 9.11. The van der Waals surface area contributed by atoms with Gasteiger partial charge in [0.2, 0.25) is 0 Å². The zero-order valence-electron chi connectivity index (χ0n) is 11.9.